The number of methoxy groups -OCH3 is 1. The summed E-state index contributed by atoms with van der Waals surface area (Å²) in [6, 6.07) is 1.90. The topological polar surface area (TPSA) is 57.9 Å². The van der Waals surface area contributed by atoms with Crippen molar-refractivity contribution in [1.29, 1.82) is 0 Å². The van der Waals surface area contributed by atoms with E-state index in [2.05, 4.69) is 38.7 Å². The minimum Gasteiger partial charge on any atom is -0.377 e. The van der Waals surface area contributed by atoms with Gasteiger partial charge in [-0.05, 0) is 13.8 Å². The van der Waals surface area contributed by atoms with Crippen molar-refractivity contribution in [3.63, 3.8) is 0 Å². The summed E-state index contributed by atoms with van der Waals surface area (Å²) in [6.07, 6.45) is 0. The summed E-state index contributed by atoms with van der Waals surface area (Å²) in [6.45, 7) is 11.6. The van der Waals surface area contributed by atoms with Crippen molar-refractivity contribution in [3.8, 4) is 0 Å². The Morgan fingerprint density at radius 1 is 1.24 bits per heavy atom. The Morgan fingerprint density at radius 3 is 2.57 bits per heavy atom. The van der Waals surface area contributed by atoms with E-state index in [0.29, 0.717) is 30.5 Å². The van der Waals surface area contributed by atoms with Gasteiger partial charge in [-0.1, -0.05) is 5.16 Å². The zero-order chi connectivity index (χ0) is 14.8. The Balaban J connectivity index is 1.45. The van der Waals surface area contributed by atoms with Gasteiger partial charge >= 0.3 is 6.01 Å². The average Bonchev–Trinajstić information content (AvgIpc) is 2.86. The Kier molecular flexibility index (Phi) is 4.42. The van der Waals surface area contributed by atoms with Crippen LogP contribution in [-0.2, 0) is 11.3 Å². The van der Waals surface area contributed by atoms with E-state index in [-0.39, 0.29) is 0 Å². The predicted octanol–water partition coefficient (Wildman–Crippen LogP) is 0.431. The van der Waals surface area contributed by atoms with Gasteiger partial charge in [-0.2, -0.15) is 4.98 Å². The van der Waals surface area contributed by atoms with Crippen molar-refractivity contribution in [1.82, 2.24) is 19.9 Å². The molecule has 0 radical (unpaired) electrons. The van der Waals surface area contributed by atoms with E-state index in [1.54, 1.807) is 7.11 Å². The number of piperazine rings is 1. The van der Waals surface area contributed by atoms with Crippen LogP contribution in [0.25, 0.3) is 0 Å². The fourth-order valence-electron chi connectivity index (χ4n) is 3.02. The standard InChI is InChI=1S/C14H25N5O2/c1-11(2)17-4-6-18(7-5-17)12-8-19(9-12)14-15-13(10-20-3)16-21-14/h11-12H,4-10H2,1-3H3. The zero-order valence-electron chi connectivity index (χ0n) is 13.2. The van der Waals surface area contributed by atoms with Gasteiger partial charge in [-0.3, -0.25) is 9.80 Å². The minimum absolute atomic E-state index is 0.401. The zero-order valence-corrected chi connectivity index (χ0v) is 13.2. The molecule has 7 heteroatoms. The Morgan fingerprint density at radius 2 is 1.95 bits per heavy atom. The molecule has 1 aromatic heterocycles. The van der Waals surface area contributed by atoms with Gasteiger partial charge in [0.05, 0.1) is 0 Å². The maximum atomic E-state index is 5.26. The van der Waals surface area contributed by atoms with Gasteiger partial charge < -0.3 is 14.2 Å². The number of anilines is 1. The van der Waals surface area contributed by atoms with E-state index in [0.717, 1.165) is 26.2 Å². The molecule has 118 valence electrons. The average molecular weight is 295 g/mol. The van der Waals surface area contributed by atoms with E-state index >= 15 is 0 Å². The lowest BCUT2D eigenvalue weighted by molar-refractivity contribution is 0.0662. The predicted molar refractivity (Wildman–Crippen MR) is 79.3 cm³/mol. The first-order valence-electron chi connectivity index (χ1n) is 7.72. The van der Waals surface area contributed by atoms with E-state index < -0.39 is 0 Å². The molecule has 0 N–H and O–H groups in total. The first-order chi connectivity index (χ1) is 10.2. The third-order valence-corrected chi connectivity index (χ3v) is 4.46. The molecule has 2 fully saturated rings. The fraction of sp³-hybridized carbons (Fsp3) is 0.857. The molecule has 3 rings (SSSR count). The molecule has 2 aliphatic heterocycles. The molecule has 0 amide bonds. The van der Waals surface area contributed by atoms with Gasteiger partial charge in [-0.15, -0.1) is 0 Å². The summed E-state index contributed by atoms with van der Waals surface area (Å²) in [5.41, 5.74) is 0. The van der Waals surface area contributed by atoms with Crippen LogP contribution in [0.15, 0.2) is 4.52 Å². The van der Waals surface area contributed by atoms with Crippen molar-refractivity contribution in [2.45, 2.75) is 32.5 Å². The molecule has 0 spiro atoms. The molecule has 0 aliphatic carbocycles. The summed E-state index contributed by atoms with van der Waals surface area (Å²) in [5.74, 6) is 0.612. The van der Waals surface area contributed by atoms with Crippen LogP contribution in [0.1, 0.15) is 19.7 Å². The number of hydrogen-bond donors (Lipinski definition) is 0. The van der Waals surface area contributed by atoms with Crippen LogP contribution in [0.5, 0.6) is 0 Å². The van der Waals surface area contributed by atoms with E-state index in [4.69, 9.17) is 9.26 Å². The normalized spacial score (nSPS) is 22.0. The summed E-state index contributed by atoms with van der Waals surface area (Å²) in [4.78, 5) is 11.6. The summed E-state index contributed by atoms with van der Waals surface area (Å²) in [5, 5.41) is 3.90. The van der Waals surface area contributed by atoms with Gasteiger partial charge in [0.2, 0.25) is 0 Å². The molecule has 2 saturated heterocycles. The van der Waals surface area contributed by atoms with Gasteiger partial charge in [-0.25, -0.2) is 0 Å². The fourth-order valence-corrected chi connectivity index (χ4v) is 3.02. The molecule has 0 saturated carbocycles. The molecule has 7 nitrogen and oxygen atoms in total. The van der Waals surface area contributed by atoms with Crippen LogP contribution >= 0.6 is 0 Å². The van der Waals surface area contributed by atoms with Crippen molar-refractivity contribution in [2.75, 3.05) is 51.3 Å². The third kappa shape index (κ3) is 3.20. The van der Waals surface area contributed by atoms with Crippen molar-refractivity contribution in [2.24, 2.45) is 0 Å². The molecule has 2 aliphatic rings. The Hall–Kier alpha value is -1.18. The second-order valence-corrected chi connectivity index (χ2v) is 6.15. The van der Waals surface area contributed by atoms with Crippen LogP contribution in [0, 0.1) is 0 Å². The van der Waals surface area contributed by atoms with Gasteiger partial charge in [0, 0.05) is 58.5 Å². The van der Waals surface area contributed by atoms with Crippen LogP contribution in [0.4, 0.5) is 6.01 Å². The molecule has 0 atom stereocenters. The van der Waals surface area contributed by atoms with Gasteiger partial charge in [0.15, 0.2) is 5.82 Å². The maximum Gasteiger partial charge on any atom is 0.324 e. The highest BCUT2D eigenvalue weighted by molar-refractivity contribution is 5.31. The lowest BCUT2D eigenvalue weighted by Crippen LogP contribution is -2.63. The highest BCUT2D eigenvalue weighted by atomic mass is 16.5. The van der Waals surface area contributed by atoms with Crippen LogP contribution in [-0.4, -0.2) is 78.4 Å². The molecule has 3 heterocycles. The van der Waals surface area contributed by atoms with Crippen LogP contribution < -0.4 is 4.90 Å². The van der Waals surface area contributed by atoms with Crippen molar-refractivity contribution >= 4 is 6.01 Å². The summed E-state index contributed by atoms with van der Waals surface area (Å²) < 4.78 is 10.3. The minimum atomic E-state index is 0.401. The summed E-state index contributed by atoms with van der Waals surface area (Å²) >= 11 is 0. The second-order valence-electron chi connectivity index (χ2n) is 6.15. The lowest BCUT2D eigenvalue weighted by atomic mass is 10.1. The van der Waals surface area contributed by atoms with Crippen molar-refractivity contribution < 1.29 is 9.26 Å². The van der Waals surface area contributed by atoms with E-state index in [9.17, 15) is 0 Å². The smallest absolute Gasteiger partial charge is 0.324 e. The molecular formula is C14H25N5O2. The third-order valence-electron chi connectivity index (χ3n) is 4.46. The lowest BCUT2D eigenvalue weighted by Gasteiger charge is -2.47. The first kappa shape index (κ1) is 14.7. The van der Waals surface area contributed by atoms with E-state index in [1.807, 2.05) is 0 Å². The first-order valence-corrected chi connectivity index (χ1v) is 7.72. The van der Waals surface area contributed by atoms with Crippen molar-refractivity contribution in [3.05, 3.63) is 5.82 Å². The highest BCUT2D eigenvalue weighted by Crippen LogP contribution is 2.23. The monoisotopic (exact) mass is 295 g/mol. The van der Waals surface area contributed by atoms with Crippen LogP contribution in [0.2, 0.25) is 0 Å². The SMILES string of the molecule is COCc1noc(N2CC(N3CCN(C(C)C)CC3)C2)n1. The maximum absolute atomic E-state index is 5.26. The number of rotatable bonds is 5. The molecule has 1 aromatic rings. The molecular weight excluding hydrogens is 270 g/mol. The van der Waals surface area contributed by atoms with E-state index in [1.165, 1.54) is 13.1 Å². The van der Waals surface area contributed by atoms with Gasteiger partial charge in [0.25, 0.3) is 0 Å². The second kappa shape index (κ2) is 6.29. The molecule has 21 heavy (non-hydrogen) atoms. The van der Waals surface area contributed by atoms with Gasteiger partial charge in [0.1, 0.15) is 6.61 Å². The number of hydrogen-bond acceptors (Lipinski definition) is 7. The molecule has 0 aromatic carbocycles. The Labute approximate surface area is 125 Å². The summed E-state index contributed by atoms with van der Waals surface area (Å²) in [7, 11) is 1.63. The number of aromatic nitrogens is 2. The largest absolute Gasteiger partial charge is 0.377 e. The quantitative estimate of drug-likeness (QED) is 0.780. The molecule has 0 bridgehead atoms. The number of ether oxygens (including phenoxy) is 1. The van der Waals surface area contributed by atoms with Crippen LogP contribution in [0.3, 0.4) is 0 Å². The number of nitrogens with zero attached hydrogens (tertiary/aromatic N) is 5. The molecule has 0 unspecified atom stereocenters. The Bertz CT molecular complexity index is 450. The highest BCUT2D eigenvalue weighted by Gasteiger charge is 2.36.